The van der Waals surface area contributed by atoms with E-state index in [2.05, 4.69) is 29.5 Å². The molecule has 0 radical (unpaired) electrons. The summed E-state index contributed by atoms with van der Waals surface area (Å²) in [6, 6.07) is 5.32. The summed E-state index contributed by atoms with van der Waals surface area (Å²) >= 11 is 0. The second kappa shape index (κ2) is 14.9. The van der Waals surface area contributed by atoms with Crippen molar-refractivity contribution in [3.63, 3.8) is 0 Å². The predicted molar refractivity (Wildman–Crippen MR) is 118 cm³/mol. The summed E-state index contributed by atoms with van der Waals surface area (Å²) in [5, 5.41) is 16.3. The minimum atomic E-state index is 0. The molecule has 0 atom stereocenters. The van der Waals surface area contributed by atoms with Crippen molar-refractivity contribution in [2.24, 2.45) is 10.9 Å². The SMILES string of the molecule is CCNC(=NCc1ccc(O)c(OCC)c1)NCCCOCC(C)C.I. The Morgan fingerprint density at radius 3 is 2.65 bits per heavy atom. The van der Waals surface area contributed by atoms with Gasteiger partial charge in [-0.1, -0.05) is 19.9 Å². The first kappa shape index (κ1) is 24.8. The zero-order valence-electron chi connectivity index (χ0n) is 16.4. The zero-order chi connectivity index (χ0) is 18.5. The molecule has 0 aliphatic heterocycles. The van der Waals surface area contributed by atoms with Gasteiger partial charge in [-0.15, -0.1) is 24.0 Å². The number of hydrogen-bond acceptors (Lipinski definition) is 4. The van der Waals surface area contributed by atoms with E-state index in [9.17, 15) is 5.11 Å². The molecule has 150 valence electrons. The lowest BCUT2D eigenvalue weighted by Gasteiger charge is -2.12. The number of halogens is 1. The Hall–Kier alpha value is -1.22. The lowest BCUT2D eigenvalue weighted by atomic mass is 10.2. The number of nitrogens with zero attached hydrogens (tertiary/aromatic N) is 1. The standard InChI is InChI=1S/C19H33N3O3.HI/c1-5-20-19(21-10-7-11-24-14-15(3)4)22-13-16-8-9-17(23)18(12-16)25-6-2;/h8-9,12,15,23H,5-7,10-11,13-14H2,1-4H3,(H2,20,21,22);1H. The van der Waals surface area contributed by atoms with Crippen molar-refractivity contribution in [2.75, 3.05) is 32.9 Å². The van der Waals surface area contributed by atoms with Gasteiger partial charge in [-0.3, -0.25) is 0 Å². The van der Waals surface area contributed by atoms with Crippen molar-refractivity contribution in [3.8, 4) is 11.5 Å². The minimum Gasteiger partial charge on any atom is -0.504 e. The summed E-state index contributed by atoms with van der Waals surface area (Å²) in [5.41, 5.74) is 0.985. The van der Waals surface area contributed by atoms with Gasteiger partial charge in [0.15, 0.2) is 17.5 Å². The number of aromatic hydroxyl groups is 1. The van der Waals surface area contributed by atoms with Crippen molar-refractivity contribution < 1.29 is 14.6 Å². The molecule has 6 nitrogen and oxygen atoms in total. The highest BCUT2D eigenvalue weighted by molar-refractivity contribution is 14.0. The van der Waals surface area contributed by atoms with Crippen LogP contribution >= 0.6 is 24.0 Å². The highest BCUT2D eigenvalue weighted by Gasteiger charge is 2.04. The van der Waals surface area contributed by atoms with Crippen molar-refractivity contribution in [3.05, 3.63) is 23.8 Å². The molecule has 3 N–H and O–H groups in total. The van der Waals surface area contributed by atoms with Gasteiger partial charge >= 0.3 is 0 Å². The molecule has 0 aliphatic carbocycles. The van der Waals surface area contributed by atoms with Crippen molar-refractivity contribution in [1.82, 2.24) is 10.6 Å². The quantitative estimate of drug-likeness (QED) is 0.196. The maximum Gasteiger partial charge on any atom is 0.191 e. The number of guanidine groups is 1. The van der Waals surface area contributed by atoms with Crippen molar-refractivity contribution in [1.29, 1.82) is 0 Å². The molecule has 0 aliphatic rings. The fourth-order valence-corrected chi connectivity index (χ4v) is 2.14. The second-order valence-electron chi connectivity index (χ2n) is 6.18. The molecule has 26 heavy (non-hydrogen) atoms. The van der Waals surface area contributed by atoms with Gasteiger partial charge in [-0.2, -0.15) is 0 Å². The predicted octanol–water partition coefficient (Wildman–Crippen LogP) is 3.53. The number of ether oxygens (including phenoxy) is 2. The molecular formula is C19H34IN3O3. The molecular weight excluding hydrogens is 445 g/mol. The van der Waals surface area contributed by atoms with Crippen LogP contribution in [0.15, 0.2) is 23.2 Å². The first-order valence-electron chi connectivity index (χ1n) is 9.11. The topological polar surface area (TPSA) is 75.1 Å². The number of rotatable bonds is 11. The highest BCUT2D eigenvalue weighted by Crippen LogP contribution is 2.27. The molecule has 1 aromatic rings. The summed E-state index contributed by atoms with van der Waals surface area (Å²) in [4.78, 5) is 4.58. The van der Waals surface area contributed by atoms with E-state index in [1.807, 2.05) is 26.0 Å². The van der Waals surface area contributed by atoms with Crippen LogP contribution in [0.25, 0.3) is 0 Å². The first-order valence-corrected chi connectivity index (χ1v) is 9.11. The molecule has 1 aromatic carbocycles. The number of phenolic OH excluding ortho intramolecular Hbond substituents is 1. The third-order valence-corrected chi connectivity index (χ3v) is 3.30. The van der Waals surface area contributed by atoms with Crippen molar-refractivity contribution >= 4 is 29.9 Å². The van der Waals surface area contributed by atoms with E-state index < -0.39 is 0 Å². The van der Waals surface area contributed by atoms with E-state index >= 15 is 0 Å². The van der Waals surface area contributed by atoms with Crippen LogP contribution in [0.2, 0.25) is 0 Å². The Bertz CT molecular complexity index is 525. The van der Waals surface area contributed by atoms with Crippen LogP contribution in [0, 0.1) is 5.92 Å². The van der Waals surface area contributed by atoms with E-state index in [0.29, 0.717) is 24.8 Å². The van der Waals surface area contributed by atoms with E-state index in [1.54, 1.807) is 6.07 Å². The van der Waals surface area contributed by atoms with E-state index in [1.165, 1.54) is 0 Å². The van der Waals surface area contributed by atoms with Gasteiger partial charge in [0.05, 0.1) is 13.2 Å². The maximum absolute atomic E-state index is 9.75. The number of nitrogens with one attached hydrogen (secondary N) is 2. The van der Waals surface area contributed by atoms with Crippen LogP contribution < -0.4 is 15.4 Å². The molecule has 7 heteroatoms. The van der Waals surface area contributed by atoms with Gasteiger partial charge in [-0.05, 0) is 43.9 Å². The molecule has 1 rings (SSSR count). The number of benzene rings is 1. The molecule has 0 heterocycles. The van der Waals surface area contributed by atoms with Crippen LogP contribution in [0.3, 0.4) is 0 Å². The smallest absolute Gasteiger partial charge is 0.191 e. The monoisotopic (exact) mass is 479 g/mol. The number of phenols is 1. The minimum absolute atomic E-state index is 0. The van der Waals surface area contributed by atoms with Gasteiger partial charge in [0.1, 0.15) is 0 Å². The third kappa shape index (κ3) is 10.7. The lowest BCUT2D eigenvalue weighted by molar-refractivity contribution is 0.108. The Morgan fingerprint density at radius 1 is 1.23 bits per heavy atom. The fraction of sp³-hybridized carbons (Fsp3) is 0.632. The molecule has 0 saturated carbocycles. The summed E-state index contributed by atoms with van der Waals surface area (Å²) in [7, 11) is 0. The number of hydrogen-bond donors (Lipinski definition) is 3. The summed E-state index contributed by atoms with van der Waals surface area (Å²) in [5.74, 6) is 1.99. The molecule has 0 spiro atoms. The van der Waals surface area contributed by atoms with Crippen LogP contribution in [0.1, 0.15) is 39.7 Å². The second-order valence-corrected chi connectivity index (χ2v) is 6.18. The lowest BCUT2D eigenvalue weighted by Crippen LogP contribution is -2.38. The summed E-state index contributed by atoms with van der Waals surface area (Å²) in [6.07, 6.45) is 0.935. The molecule has 0 fully saturated rings. The molecule has 0 amide bonds. The third-order valence-electron chi connectivity index (χ3n) is 3.30. The van der Waals surface area contributed by atoms with E-state index in [0.717, 1.165) is 44.2 Å². The van der Waals surface area contributed by atoms with Crippen LogP contribution in [-0.4, -0.2) is 44.0 Å². The summed E-state index contributed by atoms with van der Waals surface area (Å²) in [6.45, 7) is 12.4. The average Bonchev–Trinajstić information content (AvgIpc) is 2.58. The Balaban J connectivity index is 0.00000625. The Labute approximate surface area is 174 Å². The first-order chi connectivity index (χ1) is 12.1. The molecule has 0 saturated heterocycles. The fourth-order valence-electron chi connectivity index (χ4n) is 2.14. The van der Waals surface area contributed by atoms with Gasteiger partial charge < -0.3 is 25.2 Å². The summed E-state index contributed by atoms with van der Waals surface area (Å²) < 4.78 is 11.0. The largest absolute Gasteiger partial charge is 0.504 e. The maximum atomic E-state index is 9.75. The zero-order valence-corrected chi connectivity index (χ0v) is 18.7. The van der Waals surface area contributed by atoms with Crippen molar-refractivity contribution in [2.45, 2.75) is 40.7 Å². The van der Waals surface area contributed by atoms with Gasteiger partial charge in [0.25, 0.3) is 0 Å². The average molecular weight is 479 g/mol. The molecule has 0 aromatic heterocycles. The van der Waals surface area contributed by atoms with Crippen LogP contribution in [0.5, 0.6) is 11.5 Å². The van der Waals surface area contributed by atoms with Gasteiger partial charge in [0, 0.05) is 26.3 Å². The van der Waals surface area contributed by atoms with Gasteiger partial charge in [-0.25, -0.2) is 4.99 Å². The normalized spacial score (nSPS) is 11.2. The Kier molecular flexibility index (Phi) is 14.2. The Morgan fingerprint density at radius 2 is 2.00 bits per heavy atom. The highest BCUT2D eigenvalue weighted by atomic mass is 127. The molecule has 0 unspecified atom stereocenters. The van der Waals surface area contributed by atoms with Crippen LogP contribution in [0.4, 0.5) is 0 Å². The van der Waals surface area contributed by atoms with Crippen LogP contribution in [-0.2, 0) is 11.3 Å². The van der Waals surface area contributed by atoms with E-state index in [4.69, 9.17) is 9.47 Å². The number of aliphatic imine (C=N–C) groups is 1. The van der Waals surface area contributed by atoms with E-state index in [-0.39, 0.29) is 29.7 Å². The van der Waals surface area contributed by atoms with Gasteiger partial charge in [0.2, 0.25) is 0 Å². The molecule has 0 bridgehead atoms.